The van der Waals surface area contributed by atoms with E-state index < -0.39 is 18.7 Å². The van der Waals surface area contributed by atoms with Gasteiger partial charge in [0.05, 0.1) is 14.2 Å². The Kier molecular flexibility index (Phi) is 9.03. The Labute approximate surface area is 180 Å². The van der Waals surface area contributed by atoms with Crippen molar-refractivity contribution < 1.29 is 32.2 Å². The second-order valence-electron chi connectivity index (χ2n) is 7.26. The molecule has 1 amide bonds. The van der Waals surface area contributed by atoms with E-state index in [1.165, 1.54) is 14.2 Å². The Morgan fingerprint density at radius 3 is 2.26 bits per heavy atom. The third kappa shape index (κ3) is 8.39. The number of ether oxygens (including phenoxy) is 3. The van der Waals surface area contributed by atoms with Gasteiger partial charge in [-0.2, -0.15) is 13.2 Å². The minimum Gasteiger partial charge on any atom is -0.496 e. The van der Waals surface area contributed by atoms with E-state index in [9.17, 15) is 18.0 Å². The van der Waals surface area contributed by atoms with Crippen LogP contribution in [0.2, 0.25) is 0 Å². The molecule has 1 N–H and O–H groups in total. The zero-order valence-electron chi connectivity index (χ0n) is 17.9. The Morgan fingerprint density at radius 1 is 1.03 bits per heavy atom. The molecule has 31 heavy (non-hydrogen) atoms. The van der Waals surface area contributed by atoms with Crippen molar-refractivity contribution in [1.29, 1.82) is 0 Å². The molecule has 2 aromatic carbocycles. The number of alkyl carbamates (subject to hydrolysis) is 1. The summed E-state index contributed by atoms with van der Waals surface area (Å²) < 4.78 is 53.4. The summed E-state index contributed by atoms with van der Waals surface area (Å²) in [5, 5.41) is 2.77. The average molecular weight is 439 g/mol. The fourth-order valence-corrected chi connectivity index (χ4v) is 3.21. The number of carbonyl (C=O) groups is 1. The van der Waals surface area contributed by atoms with Crippen molar-refractivity contribution >= 4 is 6.09 Å². The zero-order chi connectivity index (χ0) is 22.9. The molecule has 0 aliphatic heterocycles. The summed E-state index contributed by atoms with van der Waals surface area (Å²) >= 11 is 0. The molecule has 1 atom stereocenters. The third-order valence-corrected chi connectivity index (χ3v) is 4.69. The average Bonchev–Trinajstić information content (AvgIpc) is 2.72. The van der Waals surface area contributed by atoms with E-state index in [0.29, 0.717) is 23.5 Å². The quantitative estimate of drug-likeness (QED) is 0.535. The minimum atomic E-state index is -4.19. The molecule has 2 aromatic rings. The second-order valence-corrected chi connectivity index (χ2v) is 7.26. The highest BCUT2D eigenvalue weighted by molar-refractivity contribution is 5.67. The van der Waals surface area contributed by atoms with E-state index >= 15 is 0 Å². The molecule has 0 saturated heterocycles. The Bertz CT molecular complexity index is 841. The standard InChI is InChI=1S/C23H28F3NO4/c1-16(27-22(28)31-15-17-8-5-4-6-9-17)12-19-14-20(29-2)18(13-21(19)30-3)10-7-11-23(24,25)26/h4-6,8-9,13-14,16H,7,10-12,15H2,1-3H3,(H,27,28). The summed E-state index contributed by atoms with van der Waals surface area (Å²) in [6.07, 6.45) is -4.96. The van der Waals surface area contributed by atoms with Gasteiger partial charge in [-0.3, -0.25) is 0 Å². The van der Waals surface area contributed by atoms with Gasteiger partial charge in [0, 0.05) is 12.5 Å². The number of halogens is 3. The number of carbonyl (C=O) groups excluding carboxylic acids is 1. The van der Waals surface area contributed by atoms with Crippen LogP contribution in [0.15, 0.2) is 42.5 Å². The van der Waals surface area contributed by atoms with Crippen LogP contribution < -0.4 is 14.8 Å². The lowest BCUT2D eigenvalue weighted by Crippen LogP contribution is -2.34. The van der Waals surface area contributed by atoms with Crippen LogP contribution in [0.4, 0.5) is 18.0 Å². The molecular weight excluding hydrogens is 411 g/mol. The topological polar surface area (TPSA) is 56.8 Å². The van der Waals surface area contributed by atoms with E-state index in [2.05, 4.69) is 5.32 Å². The Hall–Kier alpha value is -2.90. The van der Waals surface area contributed by atoms with Crippen LogP contribution in [0.1, 0.15) is 36.5 Å². The number of aryl methyl sites for hydroxylation is 1. The lowest BCUT2D eigenvalue weighted by atomic mass is 9.99. The fraction of sp³-hybridized carbons (Fsp3) is 0.435. The maximum Gasteiger partial charge on any atom is 0.407 e. The van der Waals surface area contributed by atoms with Crippen molar-refractivity contribution in [3.63, 3.8) is 0 Å². The summed E-state index contributed by atoms with van der Waals surface area (Å²) in [5.74, 6) is 1.03. The van der Waals surface area contributed by atoms with Crippen LogP contribution in [0.5, 0.6) is 11.5 Å². The molecule has 0 saturated carbocycles. The van der Waals surface area contributed by atoms with Gasteiger partial charge < -0.3 is 19.5 Å². The lowest BCUT2D eigenvalue weighted by Gasteiger charge is -2.19. The first-order chi connectivity index (χ1) is 14.7. The van der Waals surface area contributed by atoms with Crippen molar-refractivity contribution in [2.24, 2.45) is 0 Å². The maximum absolute atomic E-state index is 12.4. The minimum absolute atomic E-state index is 0.0342. The van der Waals surface area contributed by atoms with Crippen molar-refractivity contribution in [2.75, 3.05) is 14.2 Å². The third-order valence-electron chi connectivity index (χ3n) is 4.69. The normalized spacial score (nSPS) is 12.2. The van der Waals surface area contributed by atoms with Crippen molar-refractivity contribution in [3.8, 4) is 11.5 Å². The molecule has 0 radical (unpaired) electrons. The number of benzene rings is 2. The maximum atomic E-state index is 12.4. The number of alkyl halides is 3. The number of rotatable bonds is 10. The van der Waals surface area contributed by atoms with Crippen molar-refractivity contribution in [2.45, 2.75) is 51.4 Å². The lowest BCUT2D eigenvalue weighted by molar-refractivity contribution is -0.135. The van der Waals surface area contributed by atoms with E-state index in [4.69, 9.17) is 14.2 Å². The fourth-order valence-electron chi connectivity index (χ4n) is 3.21. The van der Waals surface area contributed by atoms with Gasteiger partial charge in [-0.15, -0.1) is 0 Å². The van der Waals surface area contributed by atoms with E-state index in [1.807, 2.05) is 37.3 Å². The molecule has 0 bridgehead atoms. The number of methoxy groups -OCH3 is 2. The number of nitrogens with one attached hydrogen (secondary N) is 1. The van der Waals surface area contributed by atoms with Gasteiger partial charge in [-0.25, -0.2) is 4.79 Å². The van der Waals surface area contributed by atoms with E-state index in [0.717, 1.165) is 11.1 Å². The molecule has 0 aromatic heterocycles. The molecule has 0 fully saturated rings. The molecule has 2 rings (SSSR count). The van der Waals surface area contributed by atoms with Gasteiger partial charge in [0.15, 0.2) is 0 Å². The zero-order valence-corrected chi connectivity index (χ0v) is 17.9. The summed E-state index contributed by atoms with van der Waals surface area (Å²) in [5.41, 5.74) is 2.31. The summed E-state index contributed by atoms with van der Waals surface area (Å²) in [6, 6.07) is 12.5. The Morgan fingerprint density at radius 2 is 1.65 bits per heavy atom. The molecule has 0 aliphatic carbocycles. The van der Waals surface area contributed by atoms with E-state index in [1.54, 1.807) is 12.1 Å². The number of amides is 1. The van der Waals surface area contributed by atoms with Crippen LogP contribution in [0.25, 0.3) is 0 Å². The molecule has 170 valence electrons. The van der Waals surface area contributed by atoms with Crippen molar-refractivity contribution in [3.05, 3.63) is 59.2 Å². The summed E-state index contributed by atoms with van der Waals surface area (Å²) in [4.78, 5) is 12.1. The van der Waals surface area contributed by atoms with Crippen LogP contribution in [0, 0.1) is 0 Å². The smallest absolute Gasteiger partial charge is 0.407 e. The molecule has 0 heterocycles. The molecule has 8 heteroatoms. The SMILES string of the molecule is COc1cc(CC(C)NC(=O)OCc2ccccc2)c(OC)cc1CCCC(F)(F)F. The van der Waals surface area contributed by atoms with Crippen LogP contribution in [-0.2, 0) is 24.2 Å². The number of hydrogen-bond donors (Lipinski definition) is 1. The van der Waals surface area contributed by atoms with Gasteiger partial charge >= 0.3 is 12.3 Å². The highest BCUT2D eigenvalue weighted by Crippen LogP contribution is 2.32. The predicted octanol–water partition coefficient (Wildman–Crippen LogP) is 5.45. The first-order valence-corrected chi connectivity index (χ1v) is 9.99. The summed E-state index contributed by atoms with van der Waals surface area (Å²) in [6.45, 7) is 2.00. The largest absolute Gasteiger partial charge is 0.496 e. The van der Waals surface area contributed by atoms with Crippen LogP contribution in [0.3, 0.4) is 0 Å². The molecule has 0 aliphatic rings. The second kappa shape index (κ2) is 11.5. The highest BCUT2D eigenvalue weighted by atomic mass is 19.4. The van der Waals surface area contributed by atoms with E-state index in [-0.39, 0.29) is 25.5 Å². The van der Waals surface area contributed by atoms with Gasteiger partial charge in [-0.05, 0) is 55.0 Å². The molecular formula is C23H28F3NO4. The predicted molar refractivity (Wildman–Crippen MR) is 111 cm³/mol. The van der Waals surface area contributed by atoms with Gasteiger partial charge in [-0.1, -0.05) is 30.3 Å². The highest BCUT2D eigenvalue weighted by Gasteiger charge is 2.26. The monoisotopic (exact) mass is 439 g/mol. The number of hydrogen-bond acceptors (Lipinski definition) is 4. The molecule has 5 nitrogen and oxygen atoms in total. The first kappa shape index (κ1) is 24.4. The molecule has 1 unspecified atom stereocenters. The van der Waals surface area contributed by atoms with Gasteiger partial charge in [0.2, 0.25) is 0 Å². The van der Waals surface area contributed by atoms with Crippen LogP contribution in [-0.4, -0.2) is 32.5 Å². The Balaban J connectivity index is 1.98. The first-order valence-electron chi connectivity index (χ1n) is 9.99. The van der Waals surface area contributed by atoms with Crippen molar-refractivity contribution in [1.82, 2.24) is 5.32 Å². The van der Waals surface area contributed by atoms with Crippen LogP contribution >= 0.6 is 0 Å². The molecule has 0 spiro atoms. The van der Waals surface area contributed by atoms with Gasteiger partial charge in [0.25, 0.3) is 0 Å². The van der Waals surface area contributed by atoms with Gasteiger partial charge in [0.1, 0.15) is 18.1 Å². The summed E-state index contributed by atoms with van der Waals surface area (Å²) in [7, 11) is 2.97.